The van der Waals surface area contributed by atoms with Gasteiger partial charge in [0.1, 0.15) is 17.6 Å². The number of benzene rings is 1. The second-order valence-corrected chi connectivity index (χ2v) is 7.49. The van der Waals surface area contributed by atoms with Crippen molar-refractivity contribution in [2.75, 3.05) is 7.11 Å². The van der Waals surface area contributed by atoms with E-state index in [0.717, 1.165) is 6.07 Å². The van der Waals surface area contributed by atoms with Crippen LogP contribution in [-0.2, 0) is 25.8 Å². The number of rotatable bonds is 8. The number of hydrogen-bond donors (Lipinski definition) is 0. The van der Waals surface area contributed by atoms with Crippen molar-refractivity contribution >= 4 is 0 Å². The van der Waals surface area contributed by atoms with Crippen molar-refractivity contribution in [3.63, 3.8) is 0 Å². The van der Waals surface area contributed by atoms with Gasteiger partial charge in [0.25, 0.3) is 5.56 Å². The third-order valence-electron chi connectivity index (χ3n) is 5.30. The molecule has 34 heavy (non-hydrogen) atoms. The molecular formula is C23H22F4N4O3. The first-order valence-electron chi connectivity index (χ1n) is 10.5. The minimum Gasteiger partial charge on any atom is -0.494 e. The predicted octanol–water partition coefficient (Wildman–Crippen LogP) is 4.59. The van der Waals surface area contributed by atoms with Crippen LogP contribution in [0.4, 0.5) is 17.6 Å². The number of hydrogen-bond acceptors (Lipinski definition) is 6. The van der Waals surface area contributed by atoms with Crippen molar-refractivity contribution in [2.45, 2.75) is 52.3 Å². The van der Waals surface area contributed by atoms with Gasteiger partial charge in [0.2, 0.25) is 0 Å². The summed E-state index contributed by atoms with van der Waals surface area (Å²) in [6.45, 7) is 3.38. The van der Waals surface area contributed by atoms with E-state index in [-0.39, 0.29) is 40.7 Å². The highest BCUT2D eigenvalue weighted by Gasteiger charge is 2.28. The maximum absolute atomic E-state index is 14.0. The maximum atomic E-state index is 14.0. The Morgan fingerprint density at radius 3 is 2.53 bits per heavy atom. The molecule has 0 amide bonds. The highest BCUT2D eigenvalue weighted by molar-refractivity contribution is 5.68. The van der Waals surface area contributed by atoms with E-state index in [2.05, 4.69) is 10.1 Å². The summed E-state index contributed by atoms with van der Waals surface area (Å²) in [6, 6.07) is 5.58. The lowest BCUT2D eigenvalue weighted by atomic mass is 10.0. The van der Waals surface area contributed by atoms with Crippen LogP contribution in [0.5, 0.6) is 5.75 Å². The van der Waals surface area contributed by atoms with Crippen molar-refractivity contribution in [1.82, 2.24) is 14.7 Å². The SMILES string of the molecule is CCc1nc(CCC(F)(F)F)n(Cc2cc(-c3cc(OC)c(F)cc3C#N)on2)c(=O)c1CC. The molecule has 0 spiro atoms. The summed E-state index contributed by atoms with van der Waals surface area (Å²) in [7, 11) is 1.27. The Bertz CT molecular complexity index is 1290. The van der Waals surface area contributed by atoms with Gasteiger partial charge in [-0.1, -0.05) is 19.0 Å². The standard InChI is InChI=1S/C23H22F4N4O3/c1-4-15-18(5-2)29-21(6-7-23(25,26)27)31(22(15)32)12-14-9-19(34-30-14)16-10-20(33-3)17(24)8-13(16)11-28/h8-10H,4-7,12H2,1-3H3. The Balaban J connectivity index is 2.04. The van der Waals surface area contributed by atoms with E-state index < -0.39 is 30.4 Å². The molecule has 0 unspecified atom stereocenters. The van der Waals surface area contributed by atoms with Crippen LogP contribution in [0.15, 0.2) is 27.5 Å². The molecule has 0 bridgehead atoms. The summed E-state index contributed by atoms with van der Waals surface area (Å²) in [5.74, 6) is -0.715. The molecule has 1 aromatic carbocycles. The van der Waals surface area contributed by atoms with E-state index in [1.165, 1.54) is 23.8 Å². The van der Waals surface area contributed by atoms with Gasteiger partial charge < -0.3 is 9.26 Å². The Morgan fingerprint density at radius 2 is 1.94 bits per heavy atom. The number of methoxy groups -OCH3 is 1. The van der Waals surface area contributed by atoms with Crippen molar-refractivity contribution in [2.24, 2.45) is 0 Å². The summed E-state index contributed by atoms with van der Waals surface area (Å²) in [6.07, 6.45) is -5.21. The van der Waals surface area contributed by atoms with Gasteiger partial charge in [0.15, 0.2) is 17.3 Å². The van der Waals surface area contributed by atoms with Crippen LogP contribution in [-0.4, -0.2) is 28.0 Å². The monoisotopic (exact) mass is 478 g/mol. The lowest BCUT2D eigenvalue weighted by molar-refractivity contribution is -0.134. The summed E-state index contributed by atoms with van der Waals surface area (Å²) >= 11 is 0. The molecule has 2 heterocycles. The molecule has 11 heteroatoms. The molecule has 2 aromatic heterocycles. The van der Waals surface area contributed by atoms with E-state index in [1.54, 1.807) is 13.8 Å². The van der Waals surface area contributed by atoms with Crippen LogP contribution < -0.4 is 10.3 Å². The fraction of sp³-hybridized carbons (Fsp3) is 0.391. The molecule has 7 nitrogen and oxygen atoms in total. The zero-order valence-electron chi connectivity index (χ0n) is 18.8. The molecule has 0 N–H and O–H groups in total. The van der Waals surface area contributed by atoms with Gasteiger partial charge in [-0.15, -0.1) is 0 Å². The van der Waals surface area contributed by atoms with Crippen LogP contribution in [0.2, 0.25) is 0 Å². The number of nitrogens with zero attached hydrogens (tertiary/aromatic N) is 4. The molecule has 3 rings (SSSR count). The normalized spacial score (nSPS) is 11.5. The Morgan fingerprint density at radius 1 is 1.21 bits per heavy atom. The van der Waals surface area contributed by atoms with E-state index in [0.29, 0.717) is 24.1 Å². The molecule has 3 aromatic rings. The topological polar surface area (TPSA) is 93.9 Å². The first kappa shape index (κ1) is 25.0. The second kappa shape index (κ2) is 10.1. The minimum atomic E-state index is -4.41. The molecular weight excluding hydrogens is 456 g/mol. The fourth-order valence-electron chi connectivity index (χ4n) is 3.62. The second-order valence-electron chi connectivity index (χ2n) is 7.49. The van der Waals surface area contributed by atoms with Gasteiger partial charge in [-0.3, -0.25) is 9.36 Å². The van der Waals surface area contributed by atoms with Crippen LogP contribution >= 0.6 is 0 Å². The zero-order chi connectivity index (χ0) is 25.0. The first-order chi connectivity index (χ1) is 16.1. The molecule has 0 aliphatic rings. The van der Waals surface area contributed by atoms with E-state index in [9.17, 15) is 27.6 Å². The molecule has 0 atom stereocenters. The van der Waals surface area contributed by atoms with Gasteiger partial charge in [0.05, 0.1) is 31.3 Å². The minimum absolute atomic E-state index is 0.00194. The number of alkyl halides is 3. The van der Waals surface area contributed by atoms with E-state index >= 15 is 0 Å². The lowest BCUT2D eigenvalue weighted by Gasteiger charge is -2.16. The van der Waals surface area contributed by atoms with E-state index in [1.807, 2.05) is 6.07 Å². The molecule has 180 valence electrons. The van der Waals surface area contributed by atoms with E-state index in [4.69, 9.17) is 9.26 Å². The van der Waals surface area contributed by atoms with Gasteiger partial charge in [0, 0.05) is 23.6 Å². The van der Waals surface area contributed by atoms with Crippen LogP contribution in [0.3, 0.4) is 0 Å². The first-order valence-corrected chi connectivity index (χ1v) is 10.5. The smallest absolute Gasteiger partial charge is 0.389 e. The number of ether oxygens (including phenoxy) is 1. The summed E-state index contributed by atoms with van der Waals surface area (Å²) in [5.41, 5.74) is 0.892. The molecule has 0 fully saturated rings. The highest BCUT2D eigenvalue weighted by atomic mass is 19.4. The van der Waals surface area contributed by atoms with Crippen LogP contribution in [0, 0.1) is 17.1 Å². The molecule has 0 saturated heterocycles. The zero-order valence-corrected chi connectivity index (χ0v) is 18.8. The largest absolute Gasteiger partial charge is 0.494 e. The van der Waals surface area contributed by atoms with Crippen molar-refractivity contribution < 1.29 is 26.8 Å². The maximum Gasteiger partial charge on any atom is 0.389 e. The van der Waals surface area contributed by atoms with Gasteiger partial charge in [-0.25, -0.2) is 9.37 Å². The highest BCUT2D eigenvalue weighted by Crippen LogP contribution is 2.31. The molecule has 0 saturated carbocycles. The third kappa shape index (κ3) is 5.27. The van der Waals surface area contributed by atoms with Crippen molar-refractivity contribution in [3.05, 3.63) is 62.7 Å². The Kier molecular flexibility index (Phi) is 7.39. The molecule has 0 radical (unpaired) electrons. The van der Waals surface area contributed by atoms with Gasteiger partial charge in [-0.05, 0) is 25.0 Å². The van der Waals surface area contributed by atoms with Gasteiger partial charge in [-0.2, -0.15) is 18.4 Å². The summed E-state index contributed by atoms with van der Waals surface area (Å²) in [5, 5.41) is 13.3. The average molecular weight is 478 g/mol. The Labute approximate surface area is 192 Å². The Hall–Kier alpha value is -3.68. The average Bonchev–Trinajstić information content (AvgIpc) is 3.26. The number of aryl methyl sites for hydroxylation is 2. The van der Waals surface area contributed by atoms with Crippen LogP contribution in [0.1, 0.15) is 48.6 Å². The molecule has 0 aliphatic heterocycles. The summed E-state index contributed by atoms with van der Waals surface area (Å²) < 4.78 is 64.0. The summed E-state index contributed by atoms with van der Waals surface area (Å²) in [4.78, 5) is 17.5. The molecule has 0 aliphatic carbocycles. The quantitative estimate of drug-likeness (QED) is 0.440. The number of nitriles is 1. The predicted molar refractivity (Wildman–Crippen MR) is 114 cm³/mol. The lowest BCUT2D eigenvalue weighted by Crippen LogP contribution is -2.31. The van der Waals surface area contributed by atoms with Crippen LogP contribution in [0.25, 0.3) is 11.3 Å². The number of aromatic nitrogens is 3. The van der Waals surface area contributed by atoms with Gasteiger partial charge >= 0.3 is 6.18 Å². The fourth-order valence-corrected chi connectivity index (χ4v) is 3.62. The third-order valence-corrected chi connectivity index (χ3v) is 5.30. The van der Waals surface area contributed by atoms with Crippen molar-refractivity contribution in [3.8, 4) is 23.1 Å². The van der Waals surface area contributed by atoms with Crippen molar-refractivity contribution in [1.29, 1.82) is 5.26 Å². The number of halogens is 4.